The van der Waals surface area contributed by atoms with Crippen LogP contribution in [0.1, 0.15) is 5.56 Å². The molecule has 2 rings (SSSR count). The third-order valence-electron chi connectivity index (χ3n) is 2.38. The van der Waals surface area contributed by atoms with Crippen LogP contribution >= 0.6 is 11.6 Å². The Hall–Kier alpha value is -2.51. The largest absolute Gasteiger partial charge is 0.323 e. The van der Waals surface area contributed by atoms with Crippen LogP contribution in [-0.4, -0.2) is 6.03 Å². The number of nitrogens with zero attached hydrogens (tertiary/aromatic N) is 1. The molecule has 19 heavy (non-hydrogen) atoms. The van der Waals surface area contributed by atoms with Crippen LogP contribution in [0.4, 0.5) is 16.2 Å². The highest BCUT2D eigenvalue weighted by atomic mass is 35.5. The van der Waals surface area contributed by atoms with Crippen molar-refractivity contribution in [1.82, 2.24) is 0 Å². The van der Waals surface area contributed by atoms with E-state index in [1.54, 1.807) is 24.3 Å². The monoisotopic (exact) mass is 271 g/mol. The van der Waals surface area contributed by atoms with E-state index in [-0.39, 0.29) is 6.03 Å². The fourth-order valence-electron chi connectivity index (χ4n) is 1.50. The Morgan fingerprint density at radius 1 is 1.05 bits per heavy atom. The van der Waals surface area contributed by atoms with E-state index >= 15 is 0 Å². The summed E-state index contributed by atoms with van der Waals surface area (Å²) >= 11 is 5.88. The van der Waals surface area contributed by atoms with Gasteiger partial charge in [-0.3, -0.25) is 0 Å². The molecule has 94 valence electrons. The summed E-state index contributed by atoms with van der Waals surface area (Å²) < 4.78 is 0. The van der Waals surface area contributed by atoms with Gasteiger partial charge in [-0.2, -0.15) is 5.26 Å². The van der Waals surface area contributed by atoms with Gasteiger partial charge >= 0.3 is 6.03 Å². The topological polar surface area (TPSA) is 64.9 Å². The molecule has 0 aliphatic heterocycles. The van der Waals surface area contributed by atoms with E-state index < -0.39 is 0 Å². The maximum absolute atomic E-state index is 11.7. The van der Waals surface area contributed by atoms with Crippen LogP contribution in [0.5, 0.6) is 0 Å². The van der Waals surface area contributed by atoms with Gasteiger partial charge in [-0.05, 0) is 30.3 Å². The second kappa shape index (κ2) is 5.89. The van der Waals surface area contributed by atoms with Crippen LogP contribution in [0.25, 0.3) is 0 Å². The van der Waals surface area contributed by atoms with Gasteiger partial charge in [-0.25, -0.2) is 4.79 Å². The molecule has 0 heterocycles. The molecule has 0 fully saturated rings. The number of carbonyl (C=O) groups excluding carboxylic acids is 1. The average Bonchev–Trinajstić information content (AvgIpc) is 2.40. The Bertz CT molecular complexity index is 635. The van der Waals surface area contributed by atoms with Crippen molar-refractivity contribution < 1.29 is 4.79 Å². The molecule has 0 saturated heterocycles. The van der Waals surface area contributed by atoms with Gasteiger partial charge in [0, 0.05) is 11.4 Å². The summed E-state index contributed by atoms with van der Waals surface area (Å²) in [7, 11) is 0. The van der Waals surface area contributed by atoms with Gasteiger partial charge in [0.1, 0.15) is 6.07 Å². The molecule has 0 radical (unpaired) electrons. The number of hydrogen-bond acceptors (Lipinski definition) is 2. The van der Waals surface area contributed by atoms with E-state index in [2.05, 4.69) is 10.6 Å². The van der Waals surface area contributed by atoms with Crippen molar-refractivity contribution in [1.29, 1.82) is 5.26 Å². The SMILES string of the molecule is N#Cc1ccc(NC(=O)Nc2ccccc2)cc1Cl. The number of anilines is 2. The highest BCUT2D eigenvalue weighted by molar-refractivity contribution is 6.32. The first-order chi connectivity index (χ1) is 9.19. The standard InChI is InChI=1S/C14H10ClN3O/c15-13-8-12(7-6-10(13)9-16)18-14(19)17-11-4-2-1-3-5-11/h1-8H,(H2,17,18,19). The third-order valence-corrected chi connectivity index (χ3v) is 2.69. The normalized spacial score (nSPS) is 9.47. The van der Waals surface area contributed by atoms with Gasteiger partial charge in [0.25, 0.3) is 0 Å². The quantitative estimate of drug-likeness (QED) is 0.871. The lowest BCUT2D eigenvalue weighted by molar-refractivity contribution is 0.262. The van der Waals surface area contributed by atoms with E-state index in [0.29, 0.717) is 22.0 Å². The zero-order valence-corrected chi connectivity index (χ0v) is 10.6. The number of benzene rings is 2. The number of rotatable bonds is 2. The third kappa shape index (κ3) is 3.47. The maximum Gasteiger partial charge on any atom is 0.323 e. The van der Waals surface area contributed by atoms with E-state index in [9.17, 15) is 4.79 Å². The molecule has 0 unspecified atom stereocenters. The Morgan fingerprint density at radius 2 is 1.74 bits per heavy atom. The van der Waals surface area contributed by atoms with Crippen LogP contribution < -0.4 is 10.6 Å². The Labute approximate surface area is 115 Å². The summed E-state index contributed by atoms with van der Waals surface area (Å²) in [5.41, 5.74) is 1.59. The van der Waals surface area contributed by atoms with Gasteiger partial charge in [0.05, 0.1) is 10.6 Å². The maximum atomic E-state index is 11.7. The first-order valence-corrected chi connectivity index (χ1v) is 5.89. The molecule has 4 nitrogen and oxygen atoms in total. The van der Waals surface area contributed by atoms with Gasteiger partial charge < -0.3 is 10.6 Å². The summed E-state index contributed by atoms with van der Waals surface area (Å²) in [5, 5.41) is 14.4. The fraction of sp³-hybridized carbons (Fsp3) is 0. The predicted octanol–water partition coefficient (Wildman–Crippen LogP) is 3.86. The van der Waals surface area contributed by atoms with Crippen LogP contribution in [0.2, 0.25) is 5.02 Å². The lowest BCUT2D eigenvalue weighted by Crippen LogP contribution is -2.19. The Balaban J connectivity index is 2.04. The minimum atomic E-state index is -0.369. The number of nitriles is 1. The number of amides is 2. The zero-order valence-electron chi connectivity index (χ0n) is 9.85. The van der Waals surface area contributed by atoms with Crippen molar-refractivity contribution in [2.75, 3.05) is 10.6 Å². The minimum absolute atomic E-state index is 0.306. The number of hydrogen-bond donors (Lipinski definition) is 2. The number of carbonyl (C=O) groups is 1. The van der Waals surface area contributed by atoms with Gasteiger partial charge in [0.15, 0.2) is 0 Å². The van der Waals surface area contributed by atoms with Crippen LogP contribution in [0, 0.1) is 11.3 Å². The van der Waals surface area contributed by atoms with Crippen LogP contribution in [0.15, 0.2) is 48.5 Å². The highest BCUT2D eigenvalue weighted by Gasteiger charge is 2.05. The lowest BCUT2D eigenvalue weighted by Gasteiger charge is -2.08. The molecule has 0 atom stereocenters. The summed E-state index contributed by atoms with van der Waals surface area (Å²) in [6.07, 6.45) is 0. The van der Waals surface area contributed by atoms with Crippen molar-refractivity contribution >= 4 is 29.0 Å². The number of nitrogens with one attached hydrogen (secondary N) is 2. The van der Waals surface area contributed by atoms with Crippen molar-refractivity contribution in [2.45, 2.75) is 0 Å². The molecule has 2 amide bonds. The van der Waals surface area contributed by atoms with Crippen molar-refractivity contribution in [3.63, 3.8) is 0 Å². The number of halogens is 1. The summed E-state index contributed by atoms with van der Waals surface area (Å²) in [6.45, 7) is 0. The van der Waals surface area contributed by atoms with E-state index in [1.165, 1.54) is 6.07 Å². The molecule has 0 bridgehead atoms. The van der Waals surface area contributed by atoms with Crippen molar-refractivity contribution in [3.8, 4) is 6.07 Å². The summed E-state index contributed by atoms with van der Waals surface area (Å²) in [4.78, 5) is 11.7. The molecule has 2 aromatic carbocycles. The number of para-hydroxylation sites is 1. The molecule has 0 aromatic heterocycles. The molecule has 0 saturated carbocycles. The lowest BCUT2D eigenvalue weighted by atomic mass is 10.2. The minimum Gasteiger partial charge on any atom is -0.308 e. The smallest absolute Gasteiger partial charge is 0.308 e. The second-order valence-electron chi connectivity index (χ2n) is 3.75. The molecule has 0 aliphatic carbocycles. The Morgan fingerprint density at radius 3 is 2.37 bits per heavy atom. The number of urea groups is 1. The van der Waals surface area contributed by atoms with E-state index in [4.69, 9.17) is 16.9 Å². The average molecular weight is 272 g/mol. The first-order valence-electron chi connectivity index (χ1n) is 5.52. The van der Waals surface area contributed by atoms with E-state index in [1.807, 2.05) is 24.3 Å². The van der Waals surface area contributed by atoms with Gasteiger partial charge in [0.2, 0.25) is 0 Å². The molecular formula is C14H10ClN3O. The van der Waals surface area contributed by atoms with Crippen molar-refractivity contribution in [3.05, 3.63) is 59.1 Å². The Kier molecular flexibility index (Phi) is 4.01. The van der Waals surface area contributed by atoms with Crippen LogP contribution in [0.3, 0.4) is 0 Å². The summed E-state index contributed by atoms with van der Waals surface area (Å²) in [6, 6.07) is 15.4. The van der Waals surface area contributed by atoms with Crippen LogP contribution in [-0.2, 0) is 0 Å². The second-order valence-corrected chi connectivity index (χ2v) is 4.16. The molecule has 5 heteroatoms. The molecule has 2 N–H and O–H groups in total. The summed E-state index contributed by atoms with van der Waals surface area (Å²) in [5.74, 6) is 0. The molecule has 0 aliphatic rings. The van der Waals surface area contributed by atoms with Gasteiger partial charge in [-0.1, -0.05) is 29.8 Å². The van der Waals surface area contributed by atoms with Gasteiger partial charge in [-0.15, -0.1) is 0 Å². The highest BCUT2D eigenvalue weighted by Crippen LogP contribution is 2.20. The van der Waals surface area contributed by atoms with E-state index in [0.717, 1.165) is 0 Å². The molecule has 0 spiro atoms. The fourth-order valence-corrected chi connectivity index (χ4v) is 1.72. The predicted molar refractivity (Wildman–Crippen MR) is 75.3 cm³/mol. The zero-order chi connectivity index (χ0) is 13.7. The first kappa shape index (κ1) is 12.9. The molecule has 2 aromatic rings. The van der Waals surface area contributed by atoms with Crippen molar-refractivity contribution in [2.24, 2.45) is 0 Å². The molecular weight excluding hydrogens is 262 g/mol.